The molecule has 0 saturated carbocycles. The van der Waals surface area contributed by atoms with Crippen LogP contribution in [0.15, 0.2) is 41.3 Å². The minimum Gasteiger partial charge on any atom is -0.362 e. The number of hydrogen-bond acceptors (Lipinski definition) is 5. The van der Waals surface area contributed by atoms with E-state index in [9.17, 15) is 13.2 Å². The van der Waals surface area contributed by atoms with Crippen LogP contribution >= 0.6 is 11.8 Å². The third-order valence-corrected chi connectivity index (χ3v) is 4.92. The Morgan fingerprint density at radius 3 is 2.79 bits per heavy atom. The molecule has 124 valence electrons. The van der Waals surface area contributed by atoms with Crippen LogP contribution in [0.1, 0.15) is 23.9 Å². The Labute approximate surface area is 139 Å². The van der Waals surface area contributed by atoms with Crippen LogP contribution in [0.25, 0.3) is 5.65 Å². The molecule has 5 nitrogen and oxygen atoms in total. The van der Waals surface area contributed by atoms with E-state index in [1.807, 2.05) is 24.3 Å². The number of alkyl halides is 3. The summed E-state index contributed by atoms with van der Waals surface area (Å²) in [5, 5.41) is 13.9. The summed E-state index contributed by atoms with van der Waals surface area (Å²) in [6.07, 6.45) is -3.73. The second kappa shape index (κ2) is 5.66. The first-order valence-corrected chi connectivity index (χ1v) is 8.29. The molecule has 0 spiro atoms. The van der Waals surface area contributed by atoms with Crippen molar-refractivity contribution in [1.82, 2.24) is 19.8 Å². The van der Waals surface area contributed by atoms with Gasteiger partial charge < -0.3 is 5.32 Å². The fourth-order valence-electron chi connectivity index (χ4n) is 2.71. The van der Waals surface area contributed by atoms with Gasteiger partial charge in [0, 0.05) is 10.6 Å². The standard InChI is InChI=1S/C15H12F3N5S/c16-15(17,18)14-21-20-13-6-5-12(22-23(13)14)19-10-7-8-24-11-4-2-1-3-9(10)11/h1-6,10H,7-8H2,(H,19,22)/t10-/m0/s1. The molecule has 0 fully saturated rings. The van der Waals surface area contributed by atoms with Gasteiger partial charge in [0.1, 0.15) is 5.82 Å². The third kappa shape index (κ3) is 2.68. The Morgan fingerprint density at radius 2 is 1.96 bits per heavy atom. The normalized spacial score (nSPS) is 17.7. The molecular weight excluding hydrogens is 339 g/mol. The Morgan fingerprint density at radius 1 is 1.12 bits per heavy atom. The summed E-state index contributed by atoms with van der Waals surface area (Å²) in [6, 6.07) is 11.1. The van der Waals surface area contributed by atoms with Crippen molar-refractivity contribution in [2.45, 2.75) is 23.5 Å². The molecule has 0 aliphatic carbocycles. The van der Waals surface area contributed by atoms with Crippen LogP contribution < -0.4 is 5.32 Å². The van der Waals surface area contributed by atoms with E-state index in [0.717, 1.165) is 22.3 Å². The molecule has 0 bridgehead atoms. The van der Waals surface area contributed by atoms with Crippen molar-refractivity contribution in [3.05, 3.63) is 47.8 Å². The second-order valence-corrected chi connectivity index (χ2v) is 6.52. The topological polar surface area (TPSA) is 55.1 Å². The summed E-state index contributed by atoms with van der Waals surface area (Å²) in [4.78, 5) is 1.18. The SMILES string of the molecule is FC(F)(F)c1nnc2ccc(N[C@H]3CCSc4ccccc43)nn12. The highest BCUT2D eigenvalue weighted by molar-refractivity contribution is 7.99. The van der Waals surface area contributed by atoms with Gasteiger partial charge in [0.25, 0.3) is 5.82 Å². The molecule has 3 aromatic rings. The Bertz CT molecular complexity index is 892. The molecule has 0 radical (unpaired) electrons. The molecule has 4 rings (SSSR count). The predicted octanol–water partition coefficient (Wildman–Crippen LogP) is 3.79. The van der Waals surface area contributed by atoms with Crippen molar-refractivity contribution < 1.29 is 13.2 Å². The number of nitrogens with zero attached hydrogens (tertiary/aromatic N) is 4. The van der Waals surface area contributed by atoms with Gasteiger partial charge in [-0.25, -0.2) is 0 Å². The molecule has 24 heavy (non-hydrogen) atoms. The van der Waals surface area contributed by atoms with Gasteiger partial charge >= 0.3 is 6.18 Å². The van der Waals surface area contributed by atoms with E-state index in [-0.39, 0.29) is 11.7 Å². The fraction of sp³-hybridized carbons (Fsp3) is 0.267. The summed E-state index contributed by atoms with van der Waals surface area (Å²) in [7, 11) is 0. The fourth-order valence-corrected chi connectivity index (χ4v) is 3.84. The average molecular weight is 351 g/mol. The molecule has 1 aromatic carbocycles. The maximum atomic E-state index is 13.0. The summed E-state index contributed by atoms with van der Waals surface area (Å²) < 4.78 is 39.6. The largest absolute Gasteiger partial charge is 0.453 e. The van der Waals surface area contributed by atoms with E-state index in [1.54, 1.807) is 17.8 Å². The highest BCUT2D eigenvalue weighted by atomic mass is 32.2. The maximum absolute atomic E-state index is 13.0. The van der Waals surface area contributed by atoms with Crippen molar-refractivity contribution in [3.63, 3.8) is 0 Å². The monoisotopic (exact) mass is 351 g/mol. The highest BCUT2D eigenvalue weighted by Gasteiger charge is 2.37. The zero-order valence-corrected chi connectivity index (χ0v) is 13.1. The van der Waals surface area contributed by atoms with Crippen LogP contribution in [-0.2, 0) is 6.18 Å². The van der Waals surface area contributed by atoms with Gasteiger partial charge in [-0.3, -0.25) is 0 Å². The summed E-state index contributed by atoms with van der Waals surface area (Å²) in [5.41, 5.74) is 1.20. The first kappa shape index (κ1) is 15.3. The zero-order valence-electron chi connectivity index (χ0n) is 12.3. The van der Waals surface area contributed by atoms with Gasteiger partial charge in [0.2, 0.25) is 0 Å². The van der Waals surface area contributed by atoms with Crippen molar-refractivity contribution in [2.75, 3.05) is 11.1 Å². The van der Waals surface area contributed by atoms with Crippen molar-refractivity contribution in [2.24, 2.45) is 0 Å². The van der Waals surface area contributed by atoms with Gasteiger partial charge in [0.05, 0.1) is 6.04 Å². The van der Waals surface area contributed by atoms with Gasteiger partial charge in [-0.15, -0.1) is 27.1 Å². The second-order valence-electron chi connectivity index (χ2n) is 5.38. The lowest BCUT2D eigenvalue weighted by molar-refractivity contribution is -0.146. The lowest BCUT2D eigenvalue weighted by atomic mass is 10.0. The smallest absolute Gasteiger partial charge is 0.362 e. The van der Waals surface area contributed by atoms with Crippen LogP contribution in [0.5, 0.6) is 0 Å². The van der Waals surface area contributed by atoms with Gasteiger partial charge in [-0.1, -0.05) is 18.2 Å². The first-order valence-electron chi connectivity index (χ1n) is 7.30. The zero-order chi connectivity index (χ0) is 16.7. The number of nitrogens with one attached hydrogen (secondary N) is 1. The molecule has 1 N–H and O–H groups in total. The van der Waals surface area contributed by atoms with E-state index in [0.29, 0.717) is 5.82 Å². The molecule has 2 aromatic heterocycles. The summed E-state index contributed by atoms with van der Waals surface area (Å²) in [6.45, 7) is 0. The van der Waals surface area contributed by atoms with Crippen molar-refractivity contribution in [1.29, 1.82) is 0 Å². The maximum Gasteiger partial charge on any atom is 0.453 e. The molecule has 1 aliphatic rings. The third-order valence-electron chi connectivity index (χ3n) is 3.80. The minimum absolute atomic E-state index is 0.0122. The van der Waals surface area contributed by atoms with Crippen LogP contribution in [-0.4, -0.2) is 25.6 Å². The number of fused-ring (bicyclic) bond motifs is 2. The van der Waals surface area contributed by atoms with Crippen LogP contribution in [0.3, 0.4) is 0 Å². The number of hydrogen-bond donors (Lipinski definition) is 1. The highest BCUT2D eigenvalue weighted by Crippen LogP contribution is 2.37. The Balaban J connectivity index is 1.69. The number of aromatic nitrogens is 4. The number of thioether (sulfide) groups is 1. The van der Waals surface area contributed by atoms with Crippen molar-refractivity contribution in [3.8, 4) is 0 Å². The molecular formula is C15H12F3N5S. The number of rotatable bonds is 2. The molecule has 9 heteroatoms. The predicted molar refractivity (Wildman–Crippen MR) is 83.9 cm³/mol. The Hall–Kier alpha value is -2.29. The lowest BCUT2D eigenvalue weighted by Crippen LogP contribution is -2.18. The van der Waals surface area contributed by atoms with Crippen LogP contribution in [0.4, 0.5) is 19.0 Å². The Kier molecular flexibility index (Phi) is 3.60. The van der Waals surface area contributed by atoms with E-state index in [2.05, 4.69) is 20.6 Å². The average Bonchev–Trinajstić information content (AvgIpc) is 2.99. The van der Waals surface area contributed by atoms with Gasteiger partial charge in [-0.05, 0) is 30.2 Å². The number of anilines is 1. The molecule has 0 amide bonds. The number of halogens is 3. The minimum atomic E-state index is -4.60. The quantitative estimate of drug-likeness (QED) is 0.761. The molecule has 0 saturated heterocycles. The number of benzene rings is 1. The summed E-state index contributed by atoms with van der Waals surface area (Å²) in [5.74, 6) is 0.178. The van der Waals surface area contributed by atoms with Crippen LogP contribution in [0.2, 0.25) is 0 Å². The molecule has 1 atom stereocenters. The van der Waals surface area contributed by atoms with E-state index < -0.39 is 12.0 Å². The van der Waals surface area contributed by atoms with E-state index >= 15 is 0 Å². The van der Waals surface area contributed by atoms with E-state index in [4.69, 9.17) is 0 Å². The molecule has 0 unspecified atom stereocenters. The molecule has 3 heterocycles. The summed E-state index contributed by atoms with van der Waals surface area (Å²) >= 11 is 1.78. The van der Waals surface area contributed by atoms with Crippen LogP contribution in [0, 0.1) is 0 Å². The first-order chi connectivity index (χ1) is 11.5. The van der Waals surface area contributed by atoms with Gasteiger partial charge in [0.15, 0.2) is 5.65 Å². The van der Waals surface area contributed by atoms with Gasteiger partial charge in [-0.2, -0.15) is 17.7 Å². The van der Waals surface area contributed by atoms with E-state index in [1.165, 1.54) is 11.0 Å². The lowest BCUT2D eigenvalue weighted by Gasteiger charge is -2.26. The van der Waals surface area contributed by atoms with Crippen molar-refractivity contribution >= 4 is 23.2 Å². The molecule has 1 aliphatic heterocycles.